The Morgan fingerprint density at radius 1 is 1.00 bits per heavy atom. The van der Waals surface area contributed by atoms with Crippen molar-refractivity contribution >= 4 is 92.4 Å². The zero-order valence-corrected chi connectivity index (χ0v) is 21.2. The standard InChI is InChI=1S/C24H15Cl3N2O3S2/c25-15-3-6-17(7-4-15)29-23(31)21(34-24(29)33)11-14-1-8-18(9-2-14)32-13-22(30)28-16-5-10-19(26)20(27)12-16/h1-12H,13H2,(H,28,30)/b21-11-. The van der Waals surface area contributed by atoms with Crippen LogP contribution in [0.4, 0.5) is 11.4 Å². The summed E-state index contributed by atoms with van der Waals surface area (Å²) in [5.41, 5.74) is 1.98. The molecule has 1 N–H and O–H groups in total. The van der Waals surface area contributed by atoms with Crippen molar-refractivity contribution in [3.05, 3.63) is 92.3 Å². The maximum Gasteiger partial charge on any atom is 0.270 e. The number of nitrogens with one attached hydrogen (secondary N) is 1. The summed E-state index contributed by atoms with van der Waals surface area (Å²) in [4.78, 5) is 27.0. The maximum absolute atomic E-state index is 12.9. The van der Waals surface area contributed by atoms with Gasteiger partial charge in [-0.2, -0.15) is 0 Å². The zero-order chi connectivity index (χ0) is 24.2. The summed E-state index contributed by atoms with van der Waals surface area (Å²) in [5.74, 6) is -0.0277. The first-order chi connectivity index (χ1) is 16.3. The average Bonchev–Trinajstić information content (AvgIpc) is 3.09. The molecule has 1 aliphatic rings. The van der Waals surface area contributed by atoms with Gasteiger partial charge in [0.1, 0.15) is 5.75 Å². The summed E-state index contributed by atoms with van der Waals surface area (Å²) in [6, 6.07) is 18.8. The number of nitrogens with zero attached hydrogens (tertiary/aromatic N) is 1. The smallest absolute Gasteiger partial charge is 0.270 e. The largest absolute Gasteiger partial charge is 0.484 e. The molecular weight excluding hydrogens is 535 g/mol. The molecule has 0 aliphatic carbocycles. The van der Waals surface area contributed by atoms with E-state index in [4.69, 9.17) is 51.8 Å². The monoisotopic (exact) mass is 548 g/mol. The van der Waals surface area contributed by atoms with Crippen molar-refractivity contribution in [2.45, 2.75) is 0 Å². The summed E-state index contributed by atoms with van der Waals surface area (Å²) in [5, 5.41) is 4.02. The quantitative estimate of drug-likeness (QED) is 0.263. The molecule has 1 aliphatic heterocycles. The number of rotatable bonds is 6. The van der Waals surface area contributed by atoms with E-state index in [0.29, 0.717) is 41.4 Å². The van der Waals surface area contributed by atoms with Gasteiger partial charge in [0.05, 0.1) is 20.6 Å². The predicted octanol–water partition coefficient (Wildman–Crippen LogP) is 7.07. The summed E-state index contributed by atoms with van der Waals surface area (Å²) in [6.07, 6.45) is 1.76. The highest BCUT2D eigenvalue weighted by molar-refractivity contribution is 8.27. The van der Waals surface area contributed by atoms with E-state index >= 15 is 0 Å². The number of ether oxygens (including phenoxy) is 1. The molecule has 3 aromatic rings. The SMILES string of the molecule is O=C(COc1ccc(/C=C2\SC(=S)N(c3ccc(Cl)cc3)C2=O)cc1)Nc1ccc(Cl)c(Cl)c1. The molecule has 4 rings (SSSR count). The van der Waals surface area contributed by atoms with Crippen molar-refractivity contribution in [3.63, 3.8) is 0 Å². The Morgan fingerprint density at radius 3 is 2.38 bits per heavy atom. The number of hydrogen-bond acceptors (Lipinski definition) is 5. The van der Waals surface area contributed by atoms with Crippen molar-refractivity contribution in [2.75, 3.05) is 16.8 Å². The fraction of sp³-hybridized carbons (Fsp3) is 0.0417. The third-order valence-corrected chi connectivity index (χ3v) is 6.92. The van der Waals surface area contributed by atoms with Crippen LogP contribution < -0.4 is 15.0 Å². The lowest BCUT2D eigenvalue weighted by Crippen LogP contribution is -2.27. The topological polar surface area (TPSA) is 58.6 Å². The minimum absolute atomic E-state index is 0.181. The van der Waals surface area contributed by atoms with Crippen LogP contribution in [-0.2, 0) is 9.59 Å². The minimum Gasteiger partial charge on any atom is -0.484 e. The van der Waals surface area contributed by atoms with Gasteiger partial charge in [0.25, 0.3) is 11.8 Å². The Labute approximate surface area is 220 Å². The van der Waals surface area contributed by atoms with Gasteiger partial charge in [-0.1, -0.05) is 70.9 Å². The molecule has 1 heterocycles. The van der Waals surface area contributed by atoms with Crippen LogP contribution in [0.2, 0.25) is 15.1 Å². The van der Waals surface area contributed by atoms with E-state index < -0.39 is 0 Å². The highest BCUT2D eigenvalue weighted by Gasteiger charge is 2.33. The summed E-state index contributed by atoms with van der Waals surface area (Å²) < 4.78 is 5.99. The van der Waals surface area contributed by atoms with Crippen LogP contribution in [0.1, 0.15) is 5.56 Å². The van der Waals surface area contributed by atoms with Crippen molar-refractivity contribution in [1.82, 2.24) is 0 Å². The lowest BCUT2D eigenvalue weighted by Gasteiger charge is -2.14. The lowest BCUT2D eigenvalue weighted by atomic mass is 10.2. The van der Waals surface area contributed by atoms with Gasteiger partial charge >= 0.3 is 0 Å². The van der Waals surface area contributed by atoms with Crippen molar-refractivity contribution in [1.29, 1.82) is 0 Å². The number of thioether (sulfide) groups is 1. The van der Waals surface area contributed by atoms with Gasteiger partial charge in [0, 0.05) is 10.7 Å². The molecule has 34 heavy (non-hydrogen) atoms. The second kappa shape index (κ2) is 10.8. The predicted molar refractivity (Wildman–Crippen MR) is 144 cm³/mol. The van der Waals surface area contributed by atoms with Gasteiger partial charge in [-0.25, -0.2) is 0 Å². The van der Waals surface area contributed by atoms with E-state index in [1.54, 1.807) is 72.8 Å². The van der Waals surface area contributed by atoms with Crippen molar-refractivity contribution in [3.8, 4) is 5.75 Å². The zero-order valence-electron chi connectivity index (χ0n) is 17.3. The number of amides is 2. The fourth-order valence-electron chi connectivity index (χ4n) is 3.01. The van der Waals surface area contributed by atoms with Gasteiger partial charge in [-0.3, -0.25) is 14.5 Å². The second-order valence-corrected chi connectivity index (χ2v) is 9.95. The maximum atomic E-state index is 12.9. The number of anilines is 2. The second-order valence-electron chi connectivity index (χ2n) is 7.03. The van der Waals surface area contributed by atoms with Gasteiger partial charge in [-0.15, -0.1) is 0 Å². The van der Waals surface area contributed by atoms with Crippen LogP contribution >= 0.6 is 58.8 Å². The average molecular weight is 550 g/mol. The molecule has 0 unspecified atom stereocenters. The number of thiocarbonyl (C=S) groups is 1. The molecule has 1 saturated heterocycles. The van der Waals surface area contributed by atoms with Crippen molar-refractivity contribution < 1.29 is 14.3 Å². The first-order valence-electron chi connectivity index (χ1n) is 9.81. The van der Waals surface area contributed by atoms with Gasteiger partial charge in [-0.05, 0) is 66.2 Å². The molecule has 0 spiro atoms. The summed E-state index contributed by atoms with van der Waals surface area (Å²) in [6.45, 7) is -0.181. The van der Waals surface area contributed by atoms with E-state index in [0.717, 1.165) is 5.56 Å². The molecule has 0 aromatic heterocycles. The Morgan fingerprint density at radius 2 is 1.71 bits per heavy atom. The molecular formula is C24H15Cl3N2O3S2. The van der Waals surface area contributed by atoms with Crippen LogP contribution in [0.25, 0.3) is 6.08 Å². The lowest BCUT2D eigenvalue weighted by molar-refractivity contribution is -0.118. The Hall–Kier alpha value is -2.55. The van der Waals surface area contributed by atoms with E-state index in [2.05, 4.69) is 5.32 Å². The highest BCUT2D eigenvalue weighted by atomic mass is 35.5. The van der Waals surface area contributed by atoms with Crippen LogP contribution in [0.15, 0.2) is 71.6 Å². The van der Waals surface area contributed by atoms with Gasteiger partial charge in [0.15, 0.2) is 10.9 Å². The molecule has 0 saturated carbocycles. The van der Waals surface area contributed by atoms with Crippen LogP contribution in [0.5, 0.6) is 5.75 Å². The number of hydrogen-bond donors (Lipinski definition) is 1. The Kier molecular flexibility index (Phi) is 7.80. The summed E-state index contributed by atoms with van der Waals surface area (Å²) >= 11 is 24.4. The first kappa shape index (κ1) is 24.6. The third kappa shape index (κ3) is 5.92. The van der Waals surface area contributed by atoms with E-state index in [1.165, 1.54) is 16.7 Å². The number of benzene rings is 3. The molecule has 172 valence electrons. The van der Waals surface area contributed by atoms with E-state index in [9.17, 15) is 9.59 Å². The first-order valence-corrected chi connectivity index (χ1v) is 12.2. The molecule has 2 amide bonds. The fourth-order valence-corrected chi connectivity index (χ4v) is 4.74. The number of carbonyl (C=O) groups excluding carboxylic acids is 2. The Bertz CT molecular complexity index is 1300. The van der Waals surface area contributed by atoms with Crippen LogP contribution in [0, 0.1) is 0 Å². The molecule has 5 nitrogen and oxygen atoms in total. The molecule has 1 fully saturated rings. The number of halogens is 3. The molecule has 3 aromatic carbocycles. The third-order valence-electron chi connectivity index (χ3n) is 4.63. The molecule has 0 bridgehead atoms. The van der Waals surface area contributed by atoms with Crippen molar-refractivity contribution in [2.24, 2.45) is 0 Å². The van der Waals surface area contributed by atoms with E-state index in [1.807, 2.05) is 0 Å². The molecule has 0 radical (unpaired) electrons. The Balaban J connectivity index is 1.36. The minimum atomic E-state index is -0.340. The highest BCUT2D eigenvalue weighted by Crippen LogP contribution is 2.36. The van der Waals surface area contributed by atoms with Gasteiger partial charge in [0.2, 0.25) is 0 Å². The summed E-state index contributed by atoms with van der Waals surface area (Å²) in [7, 11) is 0. The number of carbonyl (C=O) groups is 2. The van der Waals surface area contributed by atoms with E-state index in [-0.39, 0.29) is 18.4 Å². The van der Waals surface area contributed by atoms with Crippen LogP contribution in [0.3, 0.4) is 0 Å². The van der Waals surface area contributed by atoms with Crippen LogP contribution in [-0.4, -0.2) is 22.7 Å². The molecule has 10 heteroatoms. The molecule has 0 atom stereocenters. The normalized spacial score (nSPS) is 14.6. The van der Waals surface area contributed by atoms with Gasteiger partial charge < -0.3 is 10.1 Å².